The Bertz CT molecular complexity index is 856. The number of likely N-dealkylation sites (N-methyl/N-ethyl adjacent to an activating group) is 1. The van der Waals surface area contributed by atoms with Gasteiger partial charge in [-0.05, 0) is 82.2 Å². The number of aryl methyl sites for hydroxylation is 1. The van der Waals surface area contributed by atoms with E-state index in [1.54, 1.807) is 4.90 Å². The van der Waals surface area contributed by atoms with Gasteiger partial charge in [0.1, 0.15) is 0 Å². The Balaban J connectivity index is 1.71. The SMILES string of the molecule is Cc1ccc(NC(=O)CN(C)C)c(NC(=O)c2ccc(N3CCCCC3)cc2)c1. The smallest absolute Gasteiger partial charge is 0.255 e. The van der Waals surface area contributed by atoms with Crippen molar-refractivity contribution in [2.45, 2.75) is 26.2 Å². The minimum Gasteiger partial charge on any atom is -0.372 e. The van der Waals surface area contributed by atoms with E-state index >= 15 is 0 Å². The van der Waals surface area contributed by atoms with Crippen molar-refractivity contribution in [1.29, 1.82) is 0 Å². The van der Waals surface area contributed by atoms with E-state index in [0.717, 1.165) is 24.3 Å². The maximum absolute atomic E-state index is 12.8. The summed E-state index contributed by atoms with van der Waals surface area (Å²) in [6.45, 7) is 4.38. The molecule has 0 unspecified atom stereocenters. The van der Waals surface area contributed by atoms with Crippen molar-refractivity contribution in [2.75, 3.05) is 49.3 Å². The average molecular weight is 395 g/mol. The van der Waals surface area contributed by atoms with E-state index in [2.05, 4.69) is 15.5 Å². The van der Waals surface area contributed by atoms with Crippen LogP contribution in [0.25, 0.3) is 0 Å². The van der Waals surface area contributed by atoms with Gasteiger partial charge in [0, 0.05) is 24.3 Å². The van der Waals surface area contributed by atoms with Gasteiger partial charge >= 0.3 is 0 Å². The molecule has 3 rings (SSSR count). The van der Waals surface area contributed by atoms with Crippen molar-refractivity contribution >= 4 is 28.9 Å². The lowest BCUT2D eigenvalue weighted by Crippen LogP contribution is -2.29. The third-order valence-corrected chi connectivity index (χ3v) is 5.01. The number of piperidine rings is 1. The second-order valence-corrected chi connectivity index (χ2v) is 7.88. The van der Waals surface area contributed by atoms with E-state index in [1.165, 1.54) is 19.3 Å². The number of nitrogens with zero attached hydrogens (tertiary/aromatic N) is 2. The van der Waals surface area contributed by atoms with Crippen molar-refractivity contribution in [3.63, 3.8) is 0 Å². The molecule has 0 atom stereocenters. The molecule has 6 heteroatoms. The molecular formula is C23H30N4O2. The summed E-state index contributed by atoms with van der Waals surface area (Å²) in [5.74, 6) is -0.316. The van der Waals surface area contributed by atoms with E-state index in [0.29, 0.717) is 16.9 Å². The van der Waals surface area contributed by atoms with Crippen molar-refractivity contribution in [3.05, 3.63) is 53.6 Å². The highest BCUT2D eigenvalue weighted by Gasteiger charge is 2.14. The molecule has 6 nitrogen and oxygen atoms in total. The zero-order chi connectivity index (χ0) is 20.8. The number of amides is 2. The number of rotatable bonds is 6. The Labute approximate surface area is 172 Å². The topological polar surface area (TPSA) is 64.7 Å². The van der Waals surface area contributed by atoms with Crippen LogP contribution in [0.4, 0.5) is 17.1 Å². The molecule has 2 amide bonds. The zero-order valence-corrected chi connectivity index (χ0v) is 17.5. The summed E-state index contributed by atoms with van der Waals surface area (Å²) in [5, 5.41) is 5.82. The lowest BCUT2D eigenvalue weighted by molar-refractivity contribution is -0.116. The minimum atomic E-state index is -0.191. The number of nitrogens with one attached hydrogen (secondary N) is 2. The van der Waals surface area contributed by atoms with Gasteiger partial charge in [0.2, 0.25) is 5.91 Å². The maximum atomic E-state index is 12.8. The molecule has 0 radical (unpaired) electrons. The van der Waals surface area contributed by atoms with Crippen LogP contribution in [0.5, 0.6) is 0 Å². The monoisotopic (exact) mass is 394 g/mol. The van der Waals surface area contributed by atoms with Gasteiger partial charge < -0.3 is 20.4 Å². The van der Waals surface area contributed by atoms with Gasteiger partial charge in [0.15, 0.2) is 0 Å². The van der Waals surface area contributed by atoms with Crippen molar-refractivity contribution in [2.24, 2.45) is 0 Å². The number of anilines is 3. The first kappa shape index (κ1) is 20.9. The Morgan fingerprint density at radius 3 is 2.28 bits per heavy atom. The van der Waals surface area contributed by atoms with Crippen LogP contribution in [0.2, 0.25) is 0 Å². The summed E-state index contributed by atoms with van der Waals surface area (Å²) in [6, 6.07) is 13.3. The summed E-state index contributed by atoms with van der Waals surface area (Å²) in [7, 11) is 3.68. The summed E-state index contributed by atoms with van der Waals surface area (Å²) in [6.07, 6.45) is 3.73. The summed E-state index contributed by atoms with van der Waals surface area (Å²) >= 11 is 0. The normalized spacial score (nSPS) is 14.0. The molecule has 0 bridgehead atoms. The summed E-state index contributed by atoms with van der Waals surface area (Å²) < 4.78 is 0. The fraction of sp³-hybridized carbons (Fsp3) is 0.391. The number of benzene rings is 2. The first-order valence-electron chi connectivity index (χ1n) is 10.1. The fourth-order valence-corrected chi connectivity index (χ4v) is 3.52. The second-order valence-electron chi connectivity index (χ2n) is 7.88. The molecule has 2 aromatic carbocycles. The number of carbonyl (C=O) groups excluding carboxylic acids is 2. The number of hydrogen-bond acceptors (Lipinski definition) is 4. The van der Waals surface area contributed by atoms with E-state index < -0.39 is 0 Å². The van der Waals surface area contributed by atoms with E-state index in [9.17, 15) is 9.59 Å². The molecule has 1 fully saturated rings. The van der Waals surface area contributed by atoms with Crippen LogP contribution in [0.1, 0.15) is 35.2 Å². The molecular weight excluding hydrogens is 364 g/mol. The molecule has 2 N–H and O–H groups in total. The second kappa shape index (κ2) is 9.56. The first-order valence-corrected chi connectivity index (χ1v) is 10.1. The molecule has 0 saturated carbocycles. The van der Waals surface area contributed by atoms with Gasteiger partial charge in [-0.25, -0.2) is 0 Å². The molecule has 1 heterocycles. The Hall–Kier alpha value is -2.86. The zero-order valence-electron chi connectivity index (χ0n) is 17.5. The highest BCUT2D eigenvalue weighted by atomic mass is 16.2. The summed E-state index contributed by atoms with van der Waals surface area (Å²) in [5.41, 5.74) is 3.96. The standard InChI is InChI=1S/C23H30N4O2/c1-17-7-12-20(24-22(28)16-26(2)3)21(15-17)25-23(29)18-8-10-19(11-9-18)27-13-5-4-6-14-27/h7-12,15H,4-6,13-14,16H2,1-3H3,(H,24,28)(H,25,29). The van der Waals surface area contributed by atoms with Gasteiger partial charge in [-0.1, -0.05) is 6.07 Å². The van der Waals surface area contributed by atoms with E-state index in [4.69, 9.17) is 0 Å². The summed E-state index contributed by atoms with van der Waals surface area (Å²) in [4.78, 5) is 29.1. The Morgan fingerprint density at radius 1 is 0.931 bits per heavy atom. The third-order valence-electron chi connectivity index (χ3n) is 5.01. The van der Waals surface area contributed by atoms with E-state index in [1.807, 2.05) is 63.5 Å². The van der Waals surface area contributed by atoms with Gasteiger partial charge in [-0.15, -0.1) is 0 Å². The van der Waals surface area contributed by atoms with Crippen LogP contribution in [0, 0.1) is 6.92 Å². The van der Waals surface area contributed by atoms with Gasteiger partial charge in [0.05, 0.1) is 17.9 Å². The van der Waals surface area contributed by atoms with Crippen molar-refractivity contribution < 1.29 is 9.59 Å². The molecule has 29 heavy (non-hydrogen) atoms. The van der Waals surface area contributed by atoms with Crippen molar-refractivity contribution in [3.8, 4) is 0 Å². The fourth-order valence-electron chi connectivity index (χ4n) is 3.52. The van der Waals surface area contributed by atoms with Crippen LogP contribution in [-0.4, -0.2) is 50.4 Å². The van der Waals surface area contributed by atoms with E-state index in [-0.39, 0.29) is 18.4 Å². The third kappa shape index (κ3) is 5.81. The quantitative estimate of drug-likeness (QED) is 0.783. The molecule has 0 spiro atoms. The first-order chi connectivity index (χ1) is 13.9. The molecule has 2 aromatic rings. The minimum absolute atomic E-state index is 0.125. The van der Waals surface area contributed by atoms with Crippen LogP contribution in [0.15, 0.2) is 42.5 Å². The van der Waals surface area contributed by atoms with Crippen LogP contribution >= 0.6 is 0 Å². The van der Waals surface area contributed by atoms with Crippen LogP contribution in [-0.2, 0) is 4.79 Å². The van der Waals surface area contributed by atoms with Gasteiger partial charge in [-0.3, -0.25) is 9.59 Å². The number of carbonyl (C=O) groups is 2. The molecule has 1 aliphatic rings. The maximum Gasteiger partial charge on any atom is 0.255 e. The van der Waals surface area contributed by atoms with Crippen LogP contribution in [0.3, 0.4) is 0 Å². The molecule has 154 valence electrons. The average Bonchev–Trinajstić information content (AvgIpc) is 2.70. The highest BCUT2D eigenvalue weighted by Crippen LogP contribution is 2.25. The van der Waals surface area contributed by atoms with Crippen LogP contribution < -0.4 is 15.5 Å². The molecule has 0 aromatic heterocycles. The lowest BCUT2D eigenvalue weighted by atomic mass is 10.1. The van der Waals surface area contributed by atoms with Gasteiger partial charge in [0.25, 0.3) is 5.91 Å². The largest absolute Gasteiger partial charge is 0.372 e. The molecule has 1 saturated heterocycles. The predicted octanol–water partition coefficient (Wildman–Crippen LogP) is 3.74. The van der Waals surface area contributed by atoms with Crippen molar-refractivity contribution in [1.82, 2.24) is 4.90 Å². The predicted molar refractivity (Wildman–Crippen MR) is 119 cm³/mol. The molecule has 0 aliphatic carbocycles. The Kier molecular flexibility index (Phi) is 6.88. The highest BCUT2D eigenvalue weighted by molar-refractivity contribution is 6.07. The number of hydrogen-bond donors (Lipinski definition) is 2. The molecule has 1 aliphatic heterocycles. The Morgan fingerprint density at radius 2 is 1.62 bits per heavy atom. The lowest BCUT2D eigenvalue weighted by Gasteiger charge is -2.28. The van der Waals surface area contributed by atoms with Gasteiger partial charge in [-0.2, -0.15) is 0 Å².